The van der Waals surface area contributed by atoms with Gasteiger partial charge in [0.15, 0.2) is 0 Å². The second-order valence-corrected chi connectivity index (χ2v) is 4.89. The number of hydrogen-bond acceptors (Lipinski definition) is 3. The monoisotopic (exact) mass is 210 g/mol. The second kappa shape index (κ2) is 4.00. The van der Waals surface area contributed by atoms with E-state index in [1.807, 2.05) is 34.6 Å². The first-order valence-electron chi connectivity index (χ1n) is 5.04. The molecular weight excluding hydrogens is 192 g/mol. The number of carbonyl (C=O) groups excluding carboxylic acids is 1. The van der Waals surface area contributed by atoms with Crippen LogP contribution < -0.4 is 5.32 Å². The van der Waals surface area contributed by atoms with Crippen LogP contribution in [0.5, 0.6) is 0 Å². The fourth-order valence-corrected chi connectivity index (χ4v) is 1.03. The summed E-state index contributed by atoms with van der Waals surface area (Å²) in [7, 11) is 0. The molecule has 1 amide bonds. The van der Waals surface area contributed by atoms with E-state index in [2.05, 4.69) is 20.5 Å². The molecule has 0 bridgehead atoms. The van der Waals surface area contributed by atoms with E-state index >= 15 is 0 Å². The molecule has 0 atom stereocenters. The minimum absolute atomic E-state index is 0.0917. The van der Waals surface area contributed by atoms with Crippen molar-refractivity contribution in [2.24, 2.45) is 0 Å². The molecule has 2 N–H and O–H groups in total. The summed E-state index contributed by atoms with van der Waals surface area (Å²) in [5.74, 6) is 0.682. The average Bonchev–Trinajstić information content (AvgIpc) is 2.48. The Morgan fingerprint density at radius 1 is 1.40 bits per heavy atom. The lowest BCUT2D eigenvalue weighted by molar-refractivity contribution is 0.0933. The van der Waals surface area contributed by atoms with E-state index in [0.717, 1.165) is 5.82 Å². The Kier molecular flexibility index (Phi) is 3.12. The van der Waals surface area contributed by atoms with Crippen LogP contribution in [0, 0.1) is 0 Å². The highest BCUT2D eigenvalue weighted by molar-refractivity contribution is 5.90. The van der Waals surface area contributed by atoms with E-state index in [-0.39, 0.29) is 23.2 Å². The summed E-state index contributed by atoms with van der Waals surface area (Å²) in [4.78, 5) is 15.7. The van der Waals surface area contributed by atoms with Crippen LogP contribution in [0.2, 0.25) is 0 Å². The van der Waals surface area contributed by atoms with Crippen LogP contribution in [0.3, 0.4) is 0 Å². The molecule has 0 aliphatic rings. The molecule has 1 aromatic rings. The normalized spacial score (nSPS) is 11.9. The van der Waals surface area contributed by atoms with Gasteiger partial charge in [-0.25, -0.2) is 4.98 Å². The van der Waals surface area contributed by atoms with Crippen molar-refractivity contribution in [3.8, 4) is 0 Å². The molecule has 0 saturated carbocycles. The third-order valence-corrected chi connectivity index (χ3v) is 1.82. The first-order valence-corrected chi connectivity index (χ1v) is 5.04. The molecule has 84 valence electrons. The van der Waals surface area contributed by atoms with Crippen LogP contribution >= 0.6 is 0 Å². The SMILES string of the molecule is CC(C)NC(=O)c1n[nH]c(C(C)(C)C)n1. The predicted molar refractivity (Wildman–Crippen MR) is 57.7 cm³/mol. The van der Waals surface area contributed by atoms with E-state index in [1.165, 1.54) is 0 Å². The summed E-state index contributed by atoms with van der Waals surface area (Å²) in [6.07, 6.45) is 0. The number of H-pyrrole nitrogens is 1. The van der Waals surface area contributed by atoms with Crippen molar-refractivity contribution in [2.45, 2.75) is 46.1 Å². The molecule has 0 fully saturated rings. The third-order valence-electron chi connectivity index (χ3n) is 1.82. The maximum absolute atomic E-state index is 11.5. The smallest absolute Gasteiger partial charge is 0.291 e. The minimum Gasteiger partial charge on any atom is -0.347 e. The molecule has 1 heterocycles. The van der Waals surface area contributed by atoms with Gasteiger partial charge >= 0.3 is 0 Å². The molecule has 1 aromatic heterocycles. The van der Waals surface area contributed by atoms with Gasteiger partial charge in [0, 0.05) is 11.5 Å². The molecule has 0 unspecified atom stereocenters. The van der Waals surface area contributed by atoms with Gasteiger partial charge in [-0.2, -0.15) is 0 Å². The zero-order valence-corrected chi connectivity index (χ0v) is 9.88. The molecular formula is C10H18N4O. The second-order valence-electron chi connectivity index (χ2n) is 4.89. The number of amides is 1. The van der Waals surface area contributed by atoms with E-state index in [9.17, 15) is 4.79 Å². The van der Waals surface area contributed by atoms with Crippen molar-refractivity contribution in [1.82, 2.24) is 20.5 Å². The summed E-state index contributed by atoms with van der Waals surface area (Å²) in [6, 6.07) is 0.0917. The van der Waals surface area contributed by atoms with Gasteiger partial charge in [-0.05, 0) is 13.8 Å². The Labute approximate surface area is 89.7 Å². The molecule has 0 spiro atoms. The quantitative estimate of drug-likeness (QED) is 0.771. The van der Waals surface area contributed by atoms with Gasteiger partial charge in [-0.3, -0.25) is 9.89 Å². The van der Waals surface area contributed by atoms with E-state index in [1.54, 1.807) is 0 Å². The number of carbonyl (C=O) groups is 1. The average molecular weight is 210 g/mol. The van der Waals surface area contributed by atoms with Gasteiger partial charge in [-0.1, -0.05) is 20.8 Å². The maximum Gasteiger partial charge on any atom is 0.291 e. The van der Waals surface area contributed by atoms with Gasteiger partial charge in [0.25, 0.3) is 5.91 Å². The molecule has 5 nitrogen and oxygen atoms in total. The Hall–Kier alpha value is -1.39. The molecule has 1 rings (SSSR count). The van der Waals surface area contributed by atoms with Crippen LogP contribution in [-0.4, -0.2) is 27.1 Å². The van der Waals surface area contributed by atoms with Crippen molar-refractivity contribution < 1.29 is 4.79 Å². The number of rotatable bonds is 2. The van der Waals surface area contributed by atoms with Crippen molar-refractivity contribution in [3.05, 3.63) is 11.6 Å². The molecule has 0 saturated heterocycles. The first kappa shape index (κ1) is 11.7. The molecule has 0 aliphatic carbocycles. The summed E-state index contributed by atoms with van der Waals surface area (Å²) in [5, 5.41) is 9.41. The fourth-order valence-electron chi connectivity index (χ4n) is 1.03. The van der Waals surface area contributed by atoms with E-state index in [0.29, 0.717) is 0 Å². The summed E-state index contributed by atoms with van der Waals surface area (Å²) in [5.41, 5.74) is -0.122. The number of aromatic amines is 1. The highest BCUT2D eigenvalue weighted by Crippen LogP contribution is 2.17. The largest absolute Gasteiger partial charge is 0.347 e. The van der Waals surface area contributed by atoms with Crippen LogP contribution in [0.25, 0.3) is 0 Å². The molecule has 0 radical (unpaired) electrons. The lowest BCUT2D eigenvalue weighted by atomic mass is 9.96. The molecule has 15 heavy (non-hydrogen) atoms. The van der Waals surface area contributed by atoms with Gasteiger partial charge in [-0.15, -0.1) is 5.10 Å². The topological polar surface area (TPSA) is 70.7 Å². The Bertz CT molecular complexity index is 349. The number of nitrogens with zero attached hydrogens (tertiary/aromatic N) is 2. The van der Waals surface area contributed by atoms with Crippen LogP contribution in [0.4, 0.5) is 0 Å². The van der Waals surface area contributed by atoms with Gasteiger partial charge in [0.05, 0.1) is 0 Å². The Balaban J connectivity index is 2.81. The molecule has 5 heteroatoms. The maximum atomic E-state index is 11.5. The zero-order chi connectivity index (χ0) is 11.6. The molecule has 0 aliphatic heterocycles. The van der Waals surface area contributed by atoms with Crippen LogP contribution in [0.1, 0.15) is 51.1 Å². The predicted octanol–water partition coefficient (Wildman–Crippen LogP) is 1.24. The van der Waals surface area contributed by atoms with Crippen molar-refractivity contribution in [2.75, 3.05) is 0 Å². The first-order chi connectivity index (χ1) is 6.80. The van der Waals surface area contributed by atoms with Gasteiger partial charge < -0.3 is 5.32 Å². The van der Waals surface area contributed by atoms with Gasteiger partial charge in [0.1, 0.15) is 5.82 Å². The zero-order valence-electron chi connectivity index (χ0n) is 9.88. The highest BCUT2D eigenvalue weighted by atomic mass is 16.2. The van der Waals surface area contributed by atoms with E-state index in [4.69, 9.17) is 0 Å². The number of aromatic nitrogens is 3. The third kappa shape index (κ3) is 3.04. The Morgan fingerprint density at radius 3 is 2.40 bits per heavy atom. The van der Waals surface area contributed by atoms with Crippen molar-refractivity contribution >= 4 is 5.91 Å². The van der Waals surface area contributed by atoms with Crippen LogP contribution in [0.15, 0.2) is 0 Å². The van der Waals surface area contributed by atoms with E-state index < -0.39 is 0 Å². The standard InChI is InChI=1S/C10H18N4O/c1-6(2)11-8(15)7-12-9(14-13-7)10(3,4)5/h6H,1-5H3,(H,11,15)(H,12,13,14). The fraction of sp³-hybridized carbons (Fsp3) is 0.700. The summed E-state index contributed by atoms with van der Waals surface area (Å²) >= 11 is 0. The lowest BCUT2D eigenvalue weighted by Crippen LogP contribution is -2.31. The summed E-state index contributed by atoms with van der Waals surface area (Å²) in [6.45, 7) is 9.83. The minimum atomic E-state index is -0.239. The summed E-state index contributed by atoms with van der Waals surface area (Å²) < 4.78 is 0. The Morgan fingerprint density at radius 2 is 2.00 bits per heavy atom. The van der Waals surface area contributed by atoms with Crippen molar-refractivity contribution in [3.63, 3.8) is 0 Å². The number of hydrogen-bond donors (Lipinski definition) is 2. The highest BCUT2D eigenvalue weighted by Gasteiger charge is 2.21. The van der Waals surface area contributed by atoms with Gasteiger partial charge in [0.2, 0.25) is 5.82 Å². The molecule has 0 aromatic carbocycles. The van der Waals surface area contributed by atoms with Crippen LogP contribution in [-0.2, 0) is 5.41 Å². The lowest BCUT2D eigenvalue weighted by Gasteiger charge is -2.12. The number of nitrogens with one attached hydrogen (secondary N) is 2. The van der Waals surface area contributed by atoms with Crippen molar-refractivity contribution in [1.29, 1.82) is 0 Å².